The Kier molecular flexibility index (Phi) is 6.01. The van der Waals surface area contributed by atoms with Crippen LogP contribution in [-0.4, -0.2) is 34.1 Å². The summed E-state index contributed by atoms with van der Waals surface area (Å²) in [5.41, 5.74) is 6.16. The Hall–Kier alpha value is -4.31. The first-order valence-electron chi connectivity index (χ1n) is 11.8. The van der Waals surface area contributed by atoms with Gasteiger partial charge >= 0.3 is 6.01 Å². The Morgan fingerprint density at radius 3 is 2.43 bits per heavy atom. The molecule has 1 aromatic heterocycles. The third-order valence-electron chi connectivity index (χ3n) is 6.30. The fourth-order valence-electron chi connectivity index (χ4n) is 4.65. The number of carbonyl (C=O) groups is 1. The van der Waals surface area contributed by atoms with E-state index in [1.54, 1.807) is 23.9 Å². The van der Waals surface area contributed by atoms with Gasteiger partial charge in [-0.25, -0.2) is 5.01 Å². The van der Waals surface area contributed by atoms with Crippen LogP contribution in [-0.2, 0) is 11.3 Å². The Labute approximate surface area is 218 Å². The lowest BCUT2D eigenvalue weighted by molar-refractivity contribution is -0.132. The zero-order chi connectivity index (χ0) is 25.4. The molecule has 6 rings (SSSR count). The summed E-state index contributed by atoms with van der Waals surface area (Å²) >= 11 is 1.75. The fraction of sp³-hybridized carbons (Fsp3) is 0.185. The van der Waals surface area contributed by atoms with Crippen molar-refractivity contribution in [1.29, 1.82) is 0 Å². The molecule has 1 atom stereocenters. The number of amides is 1. The average Bonchev–Trinajstić information content (AvgIpc) is 3.55. The number of nitrogens with zero attached hydrogens (tertiary/aromatic N) is 5. The minimum absolute atomic E-state index is 0.132. The minimum atomic E-state index is -0.270. The van der Waals surface area contributed by atoms with Gasteiger partial charge in [-0.15, -0.1) is 5.10 Å². The normalized spacial score (nSPS) is 17.4. The van der Waals surface area contributed by atoms with Crippen LogP contribution in [0.15, 0.2) is 92.0 Å². The second-order valence-corrected chi connectivity index (χ2v) is 9.71. The Balaban J connectivity index is 1.26. The van der Waals surface area contributed by atoms with Gasteiger partial charge in [0.15, 0.2) is 0 Å². The first kappa shape index (κ1) is 23.1. The molecule has 37 heavy (non-hydrogen) atoms. The highest BCUT2D eigenvalue weighted by atomic mass is 32.2. The molecule has 3 aromatic carbocycles. The molecule has 0 spiro atoms. The average molecular weight is 513 g/mol. The number of aromatic nitrogens is 2. The van der Waals surface area contributed by atoms with Crippen molar-refractivity contribution >= 4 is 40.9 Å². The van der Waals surface area contributed by atoms with Gasteiger partial charge < -0.3 is 14.1 Å². The molecule has 2 aliphatic heterocycles. The number of hydrogen-bond acceptors (Lipinski definition) is 8. The number of methoxy groups -OCH3 is 1. The molecular weight excluding hydrogens is 488 g/mol. The predicted molar refractivity (Wildman–Crippen MR) is 140 cm³/mol. The smallest absolute Gasteiger partial charge is 0.344 e. The van der Waals surface area contributed by atoms with Crippen molar-refractivity contribution in [3.05, 3.63) is 84.3 Å². The van der Waals surface area contributed by atoms with Crippen molar-refractivity contribution < 1.29 is 13.9 Å². The summed E-state index contributed by atoms with van der Waals surface area (Å²) in [5.74, 6) is 1.58. The van der Waals surface area contributed by atoms with Gasteiger partial charge in [0.25, 0.3) is 0 Å². The maximum atomic E-state index is 12.4. The van der Waals surface area contributed by atoms with E-state index in [1.807, 2.05) is 48.5 Å². The molecule has 0 bridgehead atoms. The number of fused-ring (bicyclic) bond motifs is 2. The number of para-hydroxylation sites is 3. The van der Waals surface area contributed by atoms with Crippen molar-refractivity contribution in [2.45, 2.75) is 35.7 Å². The second kappa shape index (κ2) is 9.62. The molecule has 0 saturated carbocycles. The number of anilines is 2. The number of ether oxygens (including phenoxy) is 1. The van der Waals surface area contributed by atoms with Crippen LogP contribution in [0.25, 0.3) is 0 Å². The predicted octanol–water partition coefficient (Wildman–Crippen LogP) is 5.41. The number of nitrogens with one attached hydrogen (secondary N) is 1. The molecule has 3 heterocycles. The van der Waals surface area contributed by atoms with Crippen molar-refractivity contribution in [3.63, 3.8) is 0 Å². The van der Waals surface area contributed by atoms with Gasteiger partial charge in [-0.1, -0.05) is 59.3 Å². The molecule has 1 saturated heterocycles. The molecule has 1 N–H and O–H groups in total. The highest BCUT2D eigenvalue weighted by molar-refractivity contribution is 7.99. The fourth-order valence-corrected chi connectivity index (χ4v) is 5.75. The van der Waals surface area contributed by atoms with Gasteiger partial charge in [0.2, 0.25) is 11.8 Å². The topological polar surface area (TPSA) is 96.1 Å². The van der Waals surface area contributed by atoms with E-state index in [0.717, 1.165) is 16.9 Å². The van der Waals surface area contributed by atoms with E-state index < -0.39 is 0 Å². The van der Waals surface area contributed by atoms with Crippen LogP contribution in [0.4, 0.5) is 17.4 Å². The summed E-state index contributed by atoms with van der Waals surface area (Å²) in [6.45, 7) is 1.92. The second-order valence-electron chi connectivity index (χ2n) is 8.62. The van der Waals surface area contributed by atoms with Crippen molar-refractivity contribution in [2.24, 2.45) is 4.99 Å². The van der Waals surface area contributed by atoms with Crippen molar-refractivity contribution in [2.75, 3.05) is 12.0 Å². The zero-order valence-corrected chi connectivity index (χ0v) is 21.1. The van der Waals surface area contributed by atoms with E-state index in [1.165, 1.54) is 16.7 Å². The third-order valence-corrected chi connectivity index (χ3v) is 7.43. The largest absolute Gasteiger partial charge is 0.496 e. The highest BCUT2D eigenvalue weighted by Gasteiger charge is 2.34. The zero-order valence-electron chi connectivity index (χ0n) is 20.3. The monoisotopic (exact) mass is 512 g/mol. The number of amidine groups is 1. The third kappa shape index (κ3) is 4.40. The van der Waals surface area contributed by atoms with Crippen molar-refractivity contribution in [3.8, 4) is 5.75 Å². The van der Waals surface area contributed by atoms with Gasteiger partial charge in [0.1, 0.15) is 18.1 Å². The van der Waals surface area contributed by atoms with Crippen LogP contribution < -0.4 is 15.1 Å². The Morgan fingerprint density at radius 2 is 1.73 bits per heavy atom. The molecule has 10 heteroatoms. The van der Waals surface area contributed by atoms with Crippen LogP contribution in [0.3, 0.4) is 0 Å². The van der Waals surface area contributed by atoms with Crippen LogP contribution >= 0.6 is 11.8 Å². The standard InChI is InChI=1S/C27H24N6O3S/c1-17(34)33-21(18-9-3-6-12-22(18)35-2)15-25(31-33)28-27-30-29-26(36-27)16-32-19-10-4-7-13-23(19)37-24-14-8-5-11-20(24)32/h3-14,21H,15-16H2,1-2H3,(H,28,30,31). The minimum Gasteiger partial charge on any atom is -0.496 e. The molecule has 4 aromatic rings. The quantitative estimate of drug-likeness (QED) is 0.379. The number of carbonyl (C=O) groups excluding carboxylic acids is 1. The molecule has 2 aliphatic rings. The summed E-state index contributed by atoms with van der Waals surface area (Å²) < 4.78 is 11.4. The summed E-state index contributed by atoms with van der Waals surface area (Å²) in [5, 5.41) is 9.96. The number of hydrazine groups is 1. The van der Waals surface area contributed by atoms with E-state index in [4.69, 9.17) is 9.15 Å². The van der Waals surface area contributed by atoms with Crippen LogP contribution in [0, 0.1) is 0 Å². The number of aliphatic imine (C=N–C) groups is 1. The first-order chi connectivity index (χ1) is 18.1. The summed E-state index contributed by atoms with van der Waals surface area (Å²) in [6.07, 6.45) is 0.460. The van der Waals surface area contributed by atoms with Gasteiger partial charge in [-0.2, -0.15) is 4.99 Å². The summed E-state index contributed by atoms with van der Waals surface area (Å²) in [6, 6.07) is 24.0. The Morgan fingerprint density at radius 1 is 1.05 bits per heavy atom. The Bertz CT molecular complexity index is 1460. The maximum absolute atomic E-state index is 12.4. The highest BCUT2D eigenvalue weighted by Crippen LogP contribution is 2.48. The van der Waals surface area contributed by atoms with Gasteiger partial charge in [0.05, 0.1) is 24.5 Å². The van der Waals surface area contributed by atoms with E-state index in [9.17, 15) is 4.79 Å². The molecule has 0 aliphatic carbocycles. The molecular formula is C27H24N6O3S. The van der Waals surface area contributed by atoms with E-state index >= 15 is 0 Å². The van der Waals surface area contributed by atoms with Crippen LogP contribution in [0.2, 0.25) is 0 Å². The van der Waals surface area contributed by atoms with Crippen LogP contribution in [0.1, 0.15) is 30.8 Å². The van der Waals surface area contributed by atoms with Gasteiger partial charge in [0, 0.05) is 28.7 Å². The van der Waals surface area contributed by atoms with E-state index in [-0.39, 0.29) is 18.0 Å². The molecule has 186 valence electrons. The SMILES string of the molecule is COc1ccccc1C1C/C(=N/c2nnc(CN3c4ccccc4Sc4ccccc43)o2)NN1C(C)=O. The number of benzene rings is 3. The van der Waals surface area contributed by atoms with Gasteiger partial charge in [-0.3, -0.25) is 10.2 Å². The lowest BCUT2D eigenvalue weighted by Crippen LogP contribution is -2.38. The number of rotatable bonds is 5. The van der Waals surface area contributed by atoms with Gasteiger partial charge in [-0.05, 0) is 30.3 Å². The van der Waals surface area contributed by atoms with E-state index in [0.29, 0.717) is 30.4 Å². The van der Waals surface area contributed by atoms with Crippen LogP contribution in [0.5, 0.6) is 5.75 Å². The lowest BCUT2D eigenvalue weighted by Gasteiger charge is -2.31. The molecule has 1 fully saturated rings. The summed E-state index contributed by atoms with van der Waals surface area (Å²) in [4.78, 5) is 21.4. The molecule has 9 nitrogen and oxygen atoms in total. The van der Waals surface area contributed by atoms with Crippen molar-refractivity contribution in [1.82, 2.24) is 20.6 Å². The molecule has 1 amide bonds. The van der Waals surface area contributed by atoms with E-state index in [2.05, 4.69) is 49.8 Å². The summed E-state index contributed by atoms with van der Waals surface area (Å²) in [7, 11) is 1.62. The lowest BCUT2D eigenvalue weighted by atomic mass is 10.0. The molecule has 0 radical (unpaired) electrons. The molecule has 1 unspecified atom stereocenters. The maximum Gasteiger partial charge on any atom is 0.344 e. The first-order valence-corrected chi connectivity index (χ1v) is 12.6. The number of hydrogen-bond donors (Lipinski definition) is 1.